The summed E-state index contributed by atoms with van der Waals surface area (Å²) < 4.78 is 11.3. The van der Waals surface area contributed by atoms with Crippen LogP contribution in [0.4, 0.5) is 9.59 Å². The minimum Gasteiger partial charge on any atom is -0.443 e. The molecule has 43 heavy (non-hydrogen) atoms. The van der Waals surface area contributed by atoms with Crippen LogP contribution in [0.1, 0.15) is 28.7 Å². The number of carbonyl (C=O) groups is 2. The van der Waals surface area contributed by atoms with Gasteiger partial charge < -0.3 is 9.47 Å². The van der Waals surface area contributed by atoms with Crippen LogP contribution in [-0.2, 0) is 22.7 Å². The average Bonchev–Trinajstić information content (AvgIpc) is 3.46. The molecule has 2 atom stereocenters. The van der Waals surface area contributed by atoms with Gasteiger partial charge in [0.05, 0.1) is 6.04 Å². The third-order valence-electron chi connectivity index (χ3n) is 7.20. The third kappa shape index (κ3) is 7.49. The lowest BCUT2D eigenvalue weighted by molar-refractivity contribution is 0.0473. The molecule has 0 aromatic heterocycles. The third-order valence-corrected chi connectivity index (χ3v) is 7.20. The molecule has 2 amide bonds. The highest BCUT2D eigenvalue weighted by Gasteiger charge is 2.39. The Hall–Kier alpha value is -5.36. The van der Waals surface area contributed by atoms with Crippen molar-refractivity contribution >= 4 is 17.8 Å². The summed E-state index contributed by atoms with van der Waals surface area (Å²) in [5, 5.41) is 1.27. The first-order valence-corrected chi connectivity index (χ1v) is 14.3. The second-order valence-electron chi connectivity index (χ2n) is 10.1. The summed E-state index contributed by atoms with van der Waals surface area (Å²) in [6.07, 6.45) is 5.03. The molecule has 0 heterocycles. The molecule has 4 aromatic carbocycles. The maximum absolute atomic E-state index is 13.9. The number of rotatable bonds is 9. The van der Waals surface area contributed by atoms with Crippen molar-refractivity contribution in [1.29, 1.82) is 0 Å². The van der Waals surface area contributed by atoms with Crippen LogP contribution >= 0.6 is 0 Å². The number of hydrazine groups is 1. The molecule has 0 spiro atoms. The SMILES string of the molecule is C=CC[C@H]1C=CC(=C(c2ccccc2)c2ccccc2)[C@@H]1N(NC(=O)OCc1ccccc1)C(=O)OCc1ccccc1. The Morgan fingerprint density at radius 3 is 1.72 bits per heavy atom. The quantitative estimate of drug-likeness (QED) is 0.163. The van der Waals surface area contributed by atoms with Gasteiger partial charge in [0.2, 0.25) is 0 Å². The lowest BCUT2D eigenvalue weighted by Gasteiger charge is -2.33. The van der Waals surface area contributed by atoms with Crippen molar-refractivity contribution in [1.82, 2.24) is 10.4 Å². The molecule has 0 saturated heterocycles. The summed E-state index contributed by atoms with van der Waals surface area (Å²) in [4.78, 5) is 27.1. The van der Waals surface area contributed by atoms with Gasteiger partial charge >= 0.3 is 12.2 Å². The van der Waals surface area contributed by atoms with Gasteiger partial charge in [0, 0.05) is 5.92 Å². The summed E-state index contributed by atoms with van der Waals surface area (Å²) in [6, 6.07) is 38.3. The molecule has 0 saturated carbocycles. The lowest BCUT2D eigenvalue weighted by atomic mass is 9.87. The van der Waals surface area contributed by atoms with Crippen LogP contribution in [0.5, 0.6) is 0 Å². The van der Waals surface area contributed by atoms with E-state index in [0.29, 0.717) is 6.42 Å². The van der Waals surface area contributed by atoms with Crippen molar-refractivity contribution in [2.75, 3.05) is 0 Å². The second kappa shape index (κ2) is 14.5. The zero-order valence-corrected chi connectivity index (χ0v) is 23.8. The zero-order valence-electron chi connectivity index (χ0n) is 23.8. The van der Waals surface area contributed by atoms with E-state index in [4.69, 9.17) is 9.47 Å². The van der Waals surface area contributed by atoms with Crippen molar-refractivity contribution in [3.63, 3.8) is 0 Å². The number of hydrogen-bond acceptors (Lipinski definition) is 4. The molecule has 5 rings (SSSR count). The number of nitrogens with zero attached hydrogens (tertiary/aromatic N) is 1. The fourth-order valence-corrected chi connectivity index (χ4v) is 5.20. The number of carbonyl (C=O) groups excluding carboxylic acids is 2. The molecule has 4 aromatic rings. The fourth-order valence-electron chi connectivity index (χ4n) is 5.20. The van der Waals surface area contributed by atoms with Gasteiger partial charge in [-0.25, -0.2) is 20.0 Å². The molecule has 0 unspecified atom stereocenters. The van der Waals surface area contributed by atoms with Crippen molar-refractivity contribution in [3.05, 3.63) is 174 Å². The monoisotopic (exact) mass is 570 g/mol. The van der Waals surface area contributed by atoms with Crippen molar-refractivity contribution in [3.8, 4) is 0 Å². The summed E-state index contributed by atoms with van der Waals surface area (Å²) in [6.45, 7) is 4.06. The Morgan fingerprint density at radius 1 is 0.721 bits per heavy atom. The van der Waals surface area contributed by atoms with Gasteiger partial charge in [0.25, 0.3) is 0 Å². The molecule has 1 aliphatic rings. The molecule has 0 fully saturated rings. The molecule has 1 N–H and O–H groups in total. The first-order valence-electron chi connectivity index (χ1n) is 14.3. The van der Waals surface area contributed by atoms with E-state index < -0.39 is 18.2 Å². The molecule has 0 bridgehead atoms. The first-order chi connectivity index (χ1) is 21.1. The maximum Gasteiger partial charge on any atom is 0.429 e. The van der Waals surface area contributed by atoms with Crippen LogP contribution in [-0.4, -0.2) is 23.2 Å². The Morgan fingerprint density at radius 2 is 1.21 bits per heavy atom. The molecule has 6 heteroatoms. The van der Waals surface area contributed by atoms with Crippen LogP contribution < -0.4 is 5.43 Å². The van der Waals surface area contributed by atoms with Gasteiger partial charge in [-0.2, -0.15) is 0 Å². The second-order valence-corrected chi connectivity index (χ2v) is 10.1. The van der Waals surface area contributed by atoms with E-state index in [2.05, 4.69) is 18.1 Å². The minimum absolute atomic E-state index is 0.0481. The van der Waals surface area contributed by atoms with E-state index in [1.165, 1.54) is 5.01 Å². The number of benzene rings is 4. The van der Waals surface area contributed by atoms with Gasteiger partial charge in [-0.15, -0.1) is 6.58 Å². The lowest BCUT2D eigenvalue weighted by Crippen LogP contribution is -2.54. The molecule has 0 aliphatic heterocycles. The average molecular weight is 571 g/mol. The topological polar surface area (TPSA) is 67.9 Å². The summed E-state index contributed by atoms with van der Waals surface area (Å²) >= 11 is 0. The van der Waals surface area contributed by atoms with Gasteiger partial charge in [0.1, 0.15) is 13.2 Å². The van der Waals surface area contributed by atoms with Gasteiger partial charge in [-0.3, -0.25) is 0 Å². The molecular formula is C37H34N2O4. The van der Waals surface area contributed by atoms with Gasteiger partial charge in [-0.1, -0.05) is 140 Å². The number of amides is 2. The van der Waals surface area contributed by atoms with Gasteiger partial charge in [-0.05, 0) is 39.8 Å². The zero-order chi connectivity index (χ0) is 29.9. The van der Waals surface area contributed by atoms with E-state index in [0.717, 1.165) is 33.4 Å². The Kier molecular flexibility index (Phi) is 9.83. The van der Waals surface area contributed by atoms with Crippen LogP contribution in [0.15, 0.2) is 152 Å². The van der Waals surface area contributed by atoms with Crippen molar-refractivity contribution in [2.24, 2.45) is 5.92 Å². The molecular weight excluding hydrogens is 536 g/mol. The Bertz CT molecular complexity index is 1530. The smallest absolute Gasteiger partial charge is 0.429 e. The molecule has 216 valence electrons. The molecule has 1 aliphatic carbocycles. The highest BCUT2D eigenvalue weighted by atomic mass is 16.6. The van der Waals surface area contributed by atoms with E-state index in [-0.39, 0.29) is 19.1 Å². The summed E-state index contributed by atoms with van der Waals surface area (Å²) in [5.41, 5.74) is 8.19. The maximum atomic E-state index is 13.9. The number of ether oxygens (including phenoxy) is 2. The van der Waals surface area contributed by atoms with Crippen LogP contribution in [0.2, 0.25) is 0 Å². The Labute approximate surface area is 252 Å². The number of hydrogen-bond donors (Lipinski definition) is 1. The summed E-state index contributed by atoms with van der Waals surface area (Å²) in [5.74, 6) is -0.173. The predicted octanol–water partition coefficient (Wildman–Crippen LogP) is 8.10. The Balaban J connectivity index is 1.54. The van der Waals surface area contributed by atoms with Crippen molar-refractivity contribution in [2.45, 2.75) is 25.7 Å². The van der Waals surface area contributed by atoms with Crippen molar-refractivity contribution < 1.29 is 19.1 Å². The van der Waals surface area contributed by atoms with Crippen LogP contribution in [0.3, 0.4) is 0 Å². The largest absolute Gasteiger partial charge is 0.443 e. The van der Waals surface area contributed by atoms with E-state index >= 15 is 0 Å². The predicted molar refractivity (Wildman–Crippen MR) is 168 cm³/mol. The minimum atomic E-state index is -0.759. The number of nitrogens with one attached hydrogen (secondary N) is 1. The van der Waals surface area contributed by atoms with Crippen LogP contribution in [0, 0.1) is 5.92 Å². The highest BCUT2D eigenvalue weighted by molar-refractivity contribution is 5.86. The normalized spacial score (nSPS) is 15.4. The van der Waals surface area contributed by atoms with E-state index in [9.17, 15) is 9.59 Å². The van der Waals surface area contributed by atoms with E-state index in [1.807, 2.05) is 133 Å². The highest BCUT2D eigenvalue weighted by Crippen LogP contribution is 2.38. The standard InChI is InChI=1S/C37H34N2O4/c1-2-15-32-24-25-33(34(30-20-11-5-12-21-30)31-22-13-6-14-23-31)35(32)39(37(41)43-27-29-18-9-4-10-19-29)38-36(40)42-26-28-16-7-3-8-17-28/h2-14,16-25,32,35H,1,15,26-27H2,(H,38,40)/t32-,35+/m0/s1. The number of allylic oxidation sites excluding steroid dienone is 1. The van der Waals surface area contributed by atoms with Crippen LogP contribution in [0.25, 0.3) is 5.57 Å². The summed E-state index contributed by atoms with van der Waals surface area (Å²) in [7, 11) is 0. The molecule has 0 radical (unpaired) electrons. The fraction of sp³-hybridized carbons (Fsp3) is 0.135. The van der Waals surface area contributed by atoms with E-state index in [1.54, 1.807) is 0 Å². The molecule has 6 nitrogen and oxygen atoms in total. The van der Waals surface area contributed by atoms with Gasteiger partial charge in [0.15, 0.2) is 0 Å². The first kappa shape index (κ1) is 29.1.